The number of aldehydes is 1. The summed E-state index contributed by atoms with van der Waals surface area (Å²) < 4.78 is 0. The number of rotatable bonds is 2. The van der Waals surface area contributed by atoms with Gasteiger partial charge < -0.3 is 5.11 Å². The zero-order chi connectivity index (χ0) is 5.70. The second kappa shape index (κ2) is 6.17. The highest BCUT2D eigenvalue weighted by Crippen LogP contribution is 1.64. The minimum Gasteiger partial charge on any atom is -0.478 e. The normalized spacial score (nSPS) is 8.00. The van der Waals surface area contributed by atoms with Gasteiger partial charge in [0.25, 0.3) is 0 Å². The molecule has 0 heterocycles. The Morgan fingerprint density at radius 1 is 1.50 bits per heavy atom. The van der Waals surface area contributed by atoms with Crippen molar-refractivity contribution in [3.8, 4) is 0 Å². The molecule has 0 spiro atoms. The summed E-state index contributed by atoms with van der Waals surface area (Å²) in [4.78, 5) is 18.9. The van der Waals surface area contributed by atoms with Crippen LogP contribution >= 0.6 is 12.4 Å². The number of allylic oxidation sites excluding steroid dienone is 1. The van der Waals surface area contributed by atoms with Crippen molar-refractivity contribution in [2.75, 3.05) is 0 Å². The Morgan fingerprint density at radius 2 is 2.00 bits per heavy atom. The zero-order valence-corrected chi connectivity index (χ0v) is 4.72. The second-order valence-corrected chi connectivity index (χ2v) is 0.833. The van der Waals surface area contributed by atoms with Gasteiger partial charge >= 0.3 is 5.97 Å². The van der Waals surface area contributed by atoms with Crippen LogP contribution in [0.2, 0.25) is 0 Å². The van der Waals surface area contributed by atoms with Crippen LogP contribution in [0.1, 0.15) is 0 Å². The largest absolute Gasteiger partial charge is 0.478 e. The first-order valence-electron chi connectivity index (χ1n) is 1.62. The third-order valence-electron chi connectivity index (χ3n) is 0.317. The first-order chi connectivity index (χ1) is 3.27. The Bertz CT molecular complexity index is 108. The number of halogens is 1. The Hall–Kier alpha value is -0.830. The SMILES string of the molecule is Cl.O=CC=CC(=O)O. The molecule has 0 radical (unpaired) electrons. The van der Waals surface area contributed by atoms with E-state index in [9.17, 15) is 9.59 Å². The van der Waals surface area contributed by atoms with E-state index in [1.807, 2.05) is 0 Å². The smallest absolute Gasteiger partial charge is 0.328 e. The molecule has 0 amide bonds. The topological polar surface area (TPSA) is 54.4 Å². The average Bonchev–Trinajstić information content (AvgIpc) is 1.61. The van der Waals surface area contributed by atoms with Gasteiger partial charge in [-0.05, 0) is 6.08 Å². The third-order valence-corrected chi connectivity index (χ3v) is 0.317. The van der Waals surface area contributed by atoms with Crippen molar-refractivity contribution in [3.63, 3.8) is 0 Å². The second-order valence-electron chi connectivity index (χ2n) is 0.833. The van der Waals surface area contributed by atoms with Crippen LogP contribution in [0.25, 0.3) is 0 Å². The molecule has 0 aliphatic carbocycles. The zero-order valence-electron chi connectivity index (χ0n) is 3.90. The maximum absolute atomic E-state index is 9.51. The van der Waals surface area contributed by atoms with Gasteiger partial charge in [0.05, 0.1) is 0 Å². The highest BCUT2D eigenvalue weighted by Gasteiger charge is 1.79. The lowest BCUT2D eigenvalue weighted by atomic mass is 10.5. The van der Waals surface area contributed by atoms with Crippen molar-refractivity contribution in [2.24, 2.45) is 0 Å². The van der Waals surface area contributed by atoms with Crippen molar-refractivity contribution in [1.29, 1.82) is 0 Å². The molecular weight excluding hydrogens is 131 g/mol. The first kappa shape index (κ1) is 10.2. The lowest BCUT2D eigenvalue weighted by Gasteiger charge is -1.68. The van der Waals surface area contributed by atoms with Gasteiger partial charge in [-0.25, -0.2) is 4.79 Å². The molecule has 0 fully saturated rings. The number of aliphatic carboxylic acids is 1. The molecule has 8 heavy (non-hydrogen) atoms. The molecule has 0 aromatic heterocycles. The summed E-state index contributed by atoms with van der Waals surface area (Å²) in [6, 6.07) is 0. The van der Waals surface area contributed by atoms with Crippen LogP contribution in [-0.2, 0) is 9.59 Å². The van der Waals surface area contributed by atoms with E-state index < -0.39 is 5.97 Å². The average molecular weight is 137 g/mol. The fourth-order valence-corrected chi connectivity index (χ4v) is 0.122. The van der Waals surface area contributed by atoms with E-state index >= 15 is 0 Å². The van der Waals surface area contributed by atoms with E-state index in [-0.39, 0.29) is 12.4 Å². The molecule has 0 atom stereocenters. The molecule has 46 valence electrons. The van der Waals surface area contributed by atoms with Crippen molar-refractivity contribution in [1.82, 2.24) is 0 Å². The van der Waals surface area contributed by atoms with Gasteiger partial charge in [-0.1, -0.05) is 0 Å². The van der Waals surface area contributed by atoms with Gasteiger partial charge in [-0.3, -0.25) is 4.79 Å². The van der Waals surface area contributed by atoms with E-state index in [0.29, 0.717) is 6.29 Å². The van der Waals surface area contributed by atoms with Crippen LogP contribution < -0.4 is 0 Å². The number of carbonyl (C=O) groups excluding carboxylic acids is 1. The third kappa shape index (κ3) is 8.95. The summed E-state index contributed by atoms with van der Waals surface area (Å²) in [5, 5.41) is 7.80. The predicted molar refractivity (Wildman–Crippen MR) is 30.1 cm³/mol. The van der Waals surface area contributed by atoms with Gasteiger partial charge in [0.15, 0.2) is 0 Å². The molecule has 0 unspecified atom stereocenters. The molecule has 0 saturated heterocycles. The van der Waals surface area contributed by atoms with E-state index in [1.165, 1.54) is 0 Å². The van der Waals surface area contributed by atoms with Crippen molar-refractivity contribution >= 4 is 24.7 Å². The monoisotopic (exact) mass is 136 g/mol. The van der Waals surface area contributed by atoms with Crippen LogP contribution in [0.4, 0.5) is 0 Å². The quantitative estimate of drug-likeness (QED) is 0.437. The van der Waals surface area contributed by atoms with Gasteiger partial charge in [-0.15, -0.1) is 12.4 Å². The van der Waals surface area contributed by atoms with Gasteiger partial charge in [0.2, 0.25) is 0 Å². The molecule has 0 bridgehead atoms. The Balaban J connectivity index is 0. The summed E-state index contributed by atoms with van der Waals surface area (Å²) in [6.45, 7) is 0. The summed E-state index contributed by atoms with van der Waals surface area (Å²) >= 11 is 0. The Labute approximate surface area is 52.4 Å². The van der Waals surface area contributed by atoms with Crippen LogP contribution in [-0.4, -0.2) is 17.4 Å². The lowest BCUT2D eigenvalue weighted by Crippen LogP contribution is -1.84. The summed E-state index contributed by atoms with van der Waals surface area (Å²) in [6.07, 6.45) is 2.10. The van der Waals surface area contributed by atoms with E-state index in [1.54, 1.807) is 0 Å². The van der Waals surface area contributed by atoms with Crippen LogP contribution in [0, 0.1) is 0 Å². The fourth-order valence-electron chi connectivity index (χ4n) is 0.122. The molecule has 0 aromatic rings. The highest BCUT2D eigenvalue weighted by molar-refractivity contribution is 5.85. The standard InChI is InChI=1S/C4H4O3.ClH/c5-3-1-2-4(6)7;/h1-3H,(H,6,7);1H. The Kier molecular flexibility index (Phi) is 7.88. The molecule has 4 heteroatoms. The maximum atomic E-state index is 9.51. The van der Waals surface area contributed by atoms with Gasteiger partial charge in [0, 0.05) is 6.08 Å². The van der Waals surface area contributed by atoms with Gasteiger partial charge in [0.1, 0.15) is 6.29 Å². The van der Waals surface area contributed by atoms with Crippen LogP contribution in [0.3, 0.4) is 0 Å². The van der Waals surface area contributed by atoms with Crippen LogP contribution in [0.15, 0.2) is 12.2 Å². The molecule has 1 N–H and O–H groups in total. The van der Waals surface area contributed by atoms with Crippen molar-refractivity contribution < 1.29 is 14.7 Å². The molecule has 3 nitrogen and oxygen atoms in total. The predicted octanol–water partition coefficient (Wildman–Crippen LogP) is 0.248. The Morgan fingerprint density at radius 3 is 2.12 bits per heavy atom. The van der Waals surface area contributed by atoms with E-state index in [4.69, 9.17) is 5.11 Å². The molecule has 0 aliphatic rings. The number of hydrogen-bond donors (Lipinski definition) is 1. The number of carbonyl (C=O) groups is 2. The molecule has 0 rings (SSSR count). The van der Waals surface area contributed by atoms with Crippen LogP contribution in [0.5, 0.6) is 0 Å². The minimum absolute atomic E-state index is 0. The van der Waals surface area contributed by atoms with Crippen molar-refractivity contribution in [2.45, 2.75) is 0 Å². The van der Waals surface area contributed by atoms with E-state index in [2.05, 4.69) is 0 Å². The minimum atomic E-state index is -1.10. The number of carboxylic acids is 1. The van der Waals surface area contributed by atoms with Crippen molar-refractivity contribution in [3.05, 3.63) is 12.2 Å². The molecular formula is C4H5ClO3. The molecule has 0 saturated carbocycles. The molecule has 0 aliphatic heterocycles. The molecule has 0 aromatic carbocycles. The number of carboxylic acid groups (broad SMARTS) is 1. The maximum Gasteiger partial charge on any atom is 0.328 e. The summed E-state index contributed by atoms with van der Waals surface area (Å²) in [5.41, 5.74) is 0. The summed E-state index contributed by atoms with van der Waals surface area (Å²) in [5.74, 6) is -1.10. The first-order valence-corrected chi connectivity index (χ1v) is 1.62. The number of hydrogen-bond acceptors (Lipinski definition) is 2. The summed E-state index contributed by atoms with van der Waals surface area (Å²) in [7, 11) is 0. The fraction of sp³-hybridized carbons (Fsp3) is 0. The van der Waals surface area contributed by atoms with Gasteiger partial charge in [-0.2, -0.15) is 0 Å². The van der Waals surface area contributed by atoms with E-state index in [0.717, 1.165) is 12.2 Å². The lowest BCUT2D eigenvalue weighted by molar-refractivity contribution is -0.131. The highest BCUT2D eigenvalue weighted by atomic mass is 35.5.